The van der Waals surface area contributed by atoms with Crippen molar-refractivity contribution in [1.82, 2.24) is 0 Å². The first-order valence-corrected chi connectivity index (χ1v) is 26.9. The molecule has 61 heavy (non-hydrogen) atoms. The van der Waals surface area contributed by atoms with E-state index in [1.165, 1.54) is 27.7 Å². The molecule has 0 aromatic rings. The van der Waals surface area contributed by atoms with E-state index in [0.29, 0.717) is 0 Å². The van der Waals surface area contributed by atoms with Gasteiger partial charge in [0, 0.05) is 50.7 Å². The monoisotopic (exact) mass is 1010 g/mol. The zero-order valence-electron chi connectivity index (χ0n) is 33.6. The Morgan fingerprint density at radius 3 is 1.08 bits per heavy atom. The second-order valence-electron chi connectivity index (χ2n) is 12.9. The Bertz CT molecular complexity index is 1540. The van der Waals surface area contributed by atoms with Crippen molar-refractivity contribution >= 4 is 91.0 Å². The molecule has 3 heterocycles. The molecule has 0 bridgehead atoms. The van der Waals surface area contributed by atoms with Crippen LogP contribution < -0.4 is 0 Å². The molecule has 11 atom stereocenters. The Morgan fingerprint density at radius 1 is 0.475 bits per heavy atom. The summed E-state index contributed by atoms with van der Waals surface area (Å²) in [6, 6.07) is 0. The van der Waals surface area contributed by atoms with E-state index in [1.54, 1.807) is 0 Å². The fourth-order valence-electron chi connectivity index (χ4n) is 5.07. The van der Waals surface area contributed by atoms with E-state index in [1.807, 2.05) is 0 Å². The molecule has 0 radical (unpaired) electrons. The Balaban J connectivity index is 1.63. The van der Waals surface area contributed by atoms with Crippen molar-refractivity contribution in [2.45, 2.75) is 82.6 Å². The number of phosphoric ester groups is 3. The van der Waals surface area contributed by atoms with Gasteiger partial charge in [-0.25, -0.2) is 13.7 Å². The fourth-order valence-corrected chi connectivity index (χ4v) is 11.3. The first kappa shape index (κ1) is 55.5. The molecule has 354 valence electrons. The van der Waals surface area contributed by atoms with Gasteiger partial charge in [0.15, 0.2) is 20.5 Å². The van der Waals surface area contributed by atoms with Gasteiger partial charge in [0.25, 0.3) is 0 Å². The summed E-state index contributed by atoms with van der Waals surface area (Å²) in [4.78, 5) is 45.4. The Labute approximate surface area is 369 Å². The maximum atomic E-state index is 14.0. The van der Waals surface area contributed by atoms with Crippen LogP contribution in [0.2, 0.25) is 0 Å². The molecule has 30 heteroatoms. The lowest BCUT2D eigenvalue weighted by Crippen LogP contribution is -2.36. The summed E-state index contributed by atoms with van der Waals surface area (Å²) in [5.41, 5.74) is 0. The van der Waals surface area contributed by atoms with Crippen molar-refractivity contribution < 1.29 is 108 Å². The van der Waals surface area contributed by atoms with Gasteiger partial charge in [-0.05, 0) is 0 Å². The zero-order chi connectivity index (χ0) is 45.2. The van der Waals surface area contributed by atoms with E-state index in [4.69, 9.17) is 54.9 Å². The van der Waals surface area contributed by atoms with Crippen molar-refractivity contribution in [2.24, 2.45) is 0 Å². The van der Waals surface area contributed by atoms with Crippen LogP contribution in [-0.4, -0.2) is 185 Å². The predicted octanol–water partition coefficient (Wildman–Crippen LogP) is 1.96. The Kier molecular flexibility index (Phi) is 25.2. The molecule has 0 saturated carbocycles. The van der Waals surface area contributed by atoms with Crippen molar-refractivity contribution in [3.8, 4) is 0 Å². The van der Waals surface area contributed by atoms with Crippen LogP contribution in [0.15, 0.2) is 0 Å². The number of hydrogen-bond donors (Lipinski definition) is 4. The van der Waals surface area contributed by atoms with E-state index in [2.05, 4.69) is 0 Å². The van der Waals surface area contributed by atoms with Crippen LogP contribution in [0.3, 0.4) is 0 Å². The lowest BCUT2D eigenvalue weighted by atomic mass is 10.2. The topological polar surface area (TPSA) is 311 Å². The third kappa shape index (κ3) is 20.7. The number of aliphatic hydroxyl groups excluding tert-OH is 4. The maximum Gasteiger partial charge on any atom is 0.475 e. The normalized spacial score (nSPS) is 28.8. The van der Waals surface area contributed by atoms with E-state index in [0.717, 1.165) is 47.0 Å². The van der Waals surface area contributed by atoms with Crippen LogP contribution in [0.1, 0.15) is 27.7 Å². The van der Waals surface area contributed by atoms with Crippen LogP contribution >= 0.6 is 70.5 Å². The summed E-state index contributed by atoms with van der Waals surface area (Å²) in [6.07, 6.45) is -12.2. The molecule has 3 rings (SSSR count). The van der Waals surface area contributed by atoms with Gasteiger partial charge >= 0.3 is 23.5 Å². The minimum absolute atomic E-state index is 0.0257. The highest BCUT2D eigenvalue weighted by Crippen LogP contribution is 2.55. The van der Waals surface area contributed by atoms with Crippen molar-refractivity contribution in [1.29, 1.82) is 0 Å². The number of hydrogen-bond acceptors (Lipinski definition) is 27. The van der Waals surface area contributed by atoms with Gasteiger partial charge in [-0.2, -0.15) is 0 Å². The van der Waals surface area contributed by atoms with Gasteiger partial charge in [0.2, 0.25) is 0 Å². The van der Waals surface area contributed by atoms with Crippen molar-refractivity contribution in [3.05, 3.63) is 0 Å². The molecular formula is C31H53O23P3S4. The van der Waals surface area contributed by atoms with Crippen LogP contribution in [0, 0.1) is 0 Å². The quantitative estimate of drug-likeness (QED) is 0.0615. The van der Waals surface area contributed by atoms with Crippen LogP contribution in [-0.2, 0) is 87.8 Å². The minimum atomic E-state index is -4.69. The lowest BCUT2D eigenvalue weighted by molar-refractivity contribution is -0.109. The van der Waals surface area contributed by atoms with Crippen LogP contribution in [0.4, 0.5) is 0 Å². The molecule has 0 aromatic carbocycles. The molecular weight excluding hydrogens is 962 g/mol. The number of aliphatic hydroxyl groups is 4. The minimum Gasteiger partial charge on any atom is -0.388 e. The SMILES string of the molecule is CC(=O)SCCOP(=O)(OCCSC(C)=O)OCC1OCC(OP(=O)(OCCSC(C)=O)OCC2OCC(OP(=O)(OCCSC(C)=O)OCC3OCC(O)C3O)C2O)C1O. The van der Waals surface area contributed by atoms with Gasteiger partial charge in [0.1, 0.15) is 54.9 Å². The average molecular weight is 1010 g/mol. The zero-order valence-corrected chi connectivity index (χ0v) is 39.6. The second kappa shape index (κ2) is 27.7. The molecule has 3 aliphatic rings. The number of carbonyl (C=O) groups is 4. The van der Waals surface area contributed by atoms with Gasteiger partial charge in [0.05, 0.1) is 66.1 Å². The number of thioether (sulfide) groups is 4. The molecule has 0 aromatic heterocycles. The summed E-state index contributed by atoms with van der Waals surface area (Å²) in [6.45, 7) is 1.47. The Hall–Kier alpha value is 0.130. The van der Waals surface area contributed by atoms with Crippen LogP contribution in [0.5, 0.6) is 0 Å². The van der Waals surface area contributed by atoms with E-state index < -0.39 is 111 Å². The maximum absolute atomic E-state index is 14.0. The van der Waals surface area contributed by atoms with Crippen LogP contribution in [0.25, 0.3) is 0 Å². The average Bonchev–Trinajstić information content (AvgIpc) is 3.83. The summed E-state index contributed by atoms with van der Waals surface area (Å²) < 4.78 is 106. The molecule has 0 spiro atoms. The van der Waals surface area contributed by atoms with Gasteiger partial charge in [-0.3, -0.25) is 59.9 Å². The highest BCUT2D eigenvalue weighted by molar-refractivity contribution is 8.14. The molecule has 23 nitrogen and oxygen atoms in total. The highest BCUT2D eigenvalue weighted by atomic mass is 32.2. The van der Waals surface area contributed by atoms with Gasteiger partial charge in [-0.1, -0.05) is 47.0 Å². The van der Waals surface area contributed by atoms with Gasteiger partial charge < -0.3 is 34.6 Å². The molecule has 0 aliphatic carbocycles. The number of carbonyl (C=O) groups excluding carboxylic acids is 4. The first-order chi connectivity index (χ1) is 28.7. The number of ether oxygens (including phenoxy) is 3. The molecule has 0 amide bonds. The second-order valence-corrected chi connectivity index (χ2v) is 22.9. The third-order valence-electron chi connectivity index (χ3n) is 8.00. The smallest absolute Gasteiger partial charge is 0.388 e. The van der Waals surface area contributed by atoms with E-state index in [-0.39, 0.29) is 76.5 Å². The van der Waals surface area contributed by atoms with E-state index in [9.17, 15) is 53.3 Å². The molecule has 4 N–H and O–H groups in total. The van der Waals surface area contributed by atoms with E-state index >= 15 is 0 Å². The van der Waals surface area contributed by atoms with Crippen molar-refractivity contribution in [3.63, 3.8) is 0 Å². The largest absolute Gasteiger partial charge is 0.475 e. The standard InChI is InChI=1S/C31H53O23P3S4/c1-19(32)58-9-5-46-55(40,47-6-10-59-20(2)33)50-17-25-30(38)27(14-44-25)54-57(42,49-8-12-61-22(4)35)52-18-26-31(39)28(15-45-26)53-56(41,48-7-11-60-21(3)34)51-16-24-29(37)23(36)13-43-24/h23-31,36-39H,5-18H2,1-4H3. The summed E-state index contributed by atoms with van der Waals surface area (Å²) in [5.74, 6) is 0.350. The summed E-state index contributed by atoms with van der Waals surface area (Å²) in [7, 11) is -13.6. The fraction of sp³-hybridized carbons (Fsp3) is 0.871. The Morgan fingerprint density at radius 2 is 0.770 bits per heavy atom. The molecule has 3 saturated heterocycles. The first-order valence-electron chi connectivity index (χ1n) is 18.5. The predicted molar refractivity (Wildman–Crippen MR) is 220 cm³/mol. The third-order valence-corrected chi connectivity index (χ3v) is 15.6. The highest BCUT2D eigenvalue weighted by Gasteiger charge is 2.47. The van der Waals surface area contributed by atoms with Gasteiger partial charge in [-0.15, -0.1) is 0 Å². The number of rotatable bonds is 29. The summed E-state index contributed by atoms with van der Waals surface area (Å²) >= 11 is 3.56. The van der Waals surface area contributed by atoms with Crippen molar-refractivity contribution in [2.75, 3.05) is 89.1 Å². The lowest BCUT2D eigenvalue weighted by Gasteiger charge is -2.26. The number of phosphoric acid groups is 3. The molecule has 3 aliphatic heterocycles. The summed E-state index contributed by atoms with van der Waals surface area (Å²) in [5, 5.41) is 41.1. The molecule has 11 unspecified atom stereocenters. The molecule has 3 fully saturated rings.